The lowest BCUT2D eigenvalue weighted by Gasteiger charge is -2.43. The van der Waals surface area contributed by atoms with E-state index in [9.17, 15) is 5.11 Å². The lowest BCUT2D eigenvalue weighted by atomic mass is 9.87. The minimum absolute atomic E-state index is 0.0925. The SMILES string of the molecule is CCCCN1CC(Nc2ccc([C@@H]3c4[nH]c5ccccc5c4C[C@@H](C)N3C[C@@](C)(F)CO)cc2)C1. The predicted molar refractivity (Wildman–Crippen MR) is 142 cm³/mol. The van der Waals surface area contributed by atoms with E-state index < -0.39 is 12.3 Å². The highest BCUT2D eigenvalue weighted by Crippen LogP contribution is 2.41. The van der Waals surface area contributed by atoms with Crippen LogP contribution in [0.15, 0.2) is 48.5 Å². The van der Waals surface area contributed by atoms with Gasteiger partial charge >= 0.3 is 0 Å². The Hall–Kier alpha value is -2.41. The van der Waals surface area contributed by atoms with Crippen molar-refractivity contribution >= 4 is 16.6 Å². The molecule has 0 amide bonds. The first-order valence-corrected chi connectivity index (χ1v) is 13.1. The molecule has 1 saturated heterocycles. The molecule has 188 valence electrons. The molecule has 1 fully saturated rings. The lowest BCUT2D eigenvalue weighted by molar-refractivity contribution is 0.0175. The number of hydrogen-bond acceptors (Lipinski definition) is 4. The zero-order valence-electron chi connectivity index (χ0n) is 21.2. The number of anilines is 1. The van der Waals surface area contributed by atoms with Crippen molar-refractivity contribution in [3.05, 3.63) is 65.4 Å². The molecule has 35 heavy (non-hydrogen) atoms. The van der Waals surface area contributed by atoms with Gasteiger partial charge in [-0.25, -0.2) is 4.39 Å². The molecule has 6 heteroatoms. The van der Waals surface area contributed by atoms with Crippen LogP contribution in [-0.4, -0.2) is 70.4 Å². The van der Waals surface area contributed by atoms with Crippen LogP contribution in [-0.2, 0) is 6.42 Å². The number of aliphatic hydroxyl groups excluding tert-OH is 1. The van der Waals surface area contributed by atoms with Crippen molar-refractivity contribution in [1.29, 1.82) is 0 Å². The number of alkyl halides is 1. The Morgan fingerprint density at radius 2 is 1.89 bits per heavy atom. The van der Waals surface area contributed by atoms with Crippen LogP contribution in [0.1, 0.15) is 56.5 Å². The van der Waals surface area contributed by atoms with Gasteiger partial charge in [0.15, 0.2) is 0 Å². The molecule has 1 aromatic heterocycles. The number of aliphatic hydroxyl groups is 1. The van der Waals surface area contributed by atoms with Crippen molar-refractivity contribution in [2.24, 2.45) is 0 Å². The van der Waals surface area contributed by atoms with Gasteiger partial charge in [-0.2, -0.15) is 0 Å². The third kappa shape index (κ3) is 4.97. The lowest BCUT2D eigenvalue weighted by Crippen LogP contribution is -2.54. The van der Waals surface area contributed by atoms with E-state index in [0.717, 1.165) is 42.0 Å². The first kappa shape index (κ1) is 24.3. The summed E-state index contributed by atoms with van der Waals surface area (Å²) >= 11 is 0. The molecule has 0 aliphatic carbocycles. The van der Waals surface area contributed by atoms with Gasteiger partial charge in [0, 0.05) is 48.0 Å². The summed E-state index contributed by atoms with van der Waals surface area (Å²) in [7, 11) is 0. The summed E-state index contributed by atoms with van der Waals surface area (Å²) < 4.78 is 15.1. The molecule has 3 heterocycles. The monoisotopic (exact) mass is 478 g/mol. The van der Waals surface area contributed by atoms with E-state index in [1.165, 1.54) is 37.3 Å². The van der Waals surface area contributed by atoms with Gasteiger partial charge in [-0.1, -0.05) is 43.7 Å². The van der Waals surface area contributed by atoms with E-state index in [1.54, 1.807) is 0 Å². The minimum Gasteiger partial charge on any atom is -0.393 e. The van der Waals surface area contributed by atoms with Gasteiger partial charge < -0.3 is 15.4 Å². The molecule has 5 nitrogen and oxygen atoms in total. The fourth-order valence-corrected chi connectivity index (χ4v) is 5.77. The highest BCUT2D eigenvalue weighted by atomic mass is 19.1. The van der Waals surface area contributed by atoms with Crippen LogP contribution in [0.4, 0.5) is 10.1 Å². The van der Waals surface area contributed by atoms with Crippen LogP contribution in [0.3, 0.4) is 0 Å². The molecule has 2 aliphatic heterocycles. The third-order valence-corrected chi connectivity index (χ3v) is 7.74. The van der Waals surface area contributed by atoms with Crippen LogP contribution in [0.25, 0.3) is 10.9 Å². The molecular formula is C29H39FN4O. The van der Waals surface area contributed by atoms with Crippen LogP contribution in [0.2, 0.25) is 0 Å². The summed E-state index contributed by atoms with van der Waals surface area (Å²) in [4.78, 5) is 8.38. The number of fused-ring (bicyclic) bond motifs is 3. The Balaban J connectivity index is 1.41. The summed E-state index contributed by atoms with van der Waals surface area (Å²) in [5.41, 5.74) is 4.20. The second kappa shape index (κ2) is 9.92. The van der Waals surface area contributed by atoms with E-state index in [2.05, 4.69) is 82.5 Å². The Morgan fingerprint density at radius 1 is 1.14 bits per heavy atom. The van der Waals surface area contributed by atoms with E-state index in [0.29, 0.717) is 6.04 Å². The molecule has 3 atom stereocenters. The van der Waals surface area contributed by atoms with Gasteiger partial charge in [0.25, 0.3) is 0 Å². The highest BCUT2D eigenvalue weighted by molar-refractivity contribution is 5.85. The third-order valence-electron chi connectivity index (χ3n) is 7.74. The molecule has 0 unspecified atom stereocenters. The van der Waals surface area contributed by atoms with Crippen LogP contribution < -0.4 is 5.32 Å². The Labute approximate surface area is 208 Å². The van der Waals surface area contributed by atoms with Crippen LogP contribution in [0.5, 0.6) is 0 Å². The fourth-order valence-electron chi connectivity index (χ4n) is 5.77. The van der Waals surface area contributed by atoms with Gasteiger partial charge in [0.05, 0.1) is 18.7 Å². The average Bonchev–Trinajstić information content (AvgIpc) is 3.19. The molecule has 2 aromatic carbocycles. The topological polar surface area (TPSA) is 54.5 Å². The number of aromatic amines is 1. The van der Waals surface area contributed by atoms with E-state index in [-0.39, 0.29) is 18.6 Å². The Kier molecular flexibility index (Phi) is 6.88. The summed E-state index contributed by atoms with van der Waals surface area (Å²) in [6.07, 6.45) is 3.36. The molecule has 2 aliphatic rings. The first-order valence-electron chi connectivity index (χ1n) is 13.1. The number of benzene rings is 2. The maximum atomic E-state index is 15.1. The highest BCUT2D eigenvalue weighted by Gasteiger charge is 2.39. The molecular weight excluding hydrogens is 439 g/mol. The van der Waals surface area contributed by atoms with E-state index >= 15 is 4.39 Å². The van der Waals surface area contributed by atoms with Gasteiger partial charge in [0.1, 0.15) is 5.67 Å². The minimum atomic E-state index is -1.66. The normalized spacial score (nSPS) is 23.1. The maximum Gasteiger partial charge on any atom is 0.143 e. The second-order valence-corrected chi connectivity index (χ2v) is 10.8. The summed E-state index contributed by atoms with van der Waals surface area (Å²) in [5, 5.41) is 14.6. The average molecular weight is 479 g/mol. The number of unbranched alkanes of at least 4 members (excludes halogenated alkanes) is 1. The van der Waals surface area contributed by atoms with Gasteiger partial charge in [-0.3, -0.25) is 9.80 Å². The molecule has 3 N–H and O–H groups in total. The summed E-state index contributed by atoms with van der Waals surface area (Å²) in [6, 6.07) is 17.6. The summed E-state index contributed by atoms with van der Waals surface area (Å²) in [6.45, 7) is 8.99. The van der Waals surface area contributed by atoms with Gasteiger partial charge in [-0.15, -0.1) is 0 Å². The molecule has 0 radical (unpaired) electrons. The zero-order valence-corrected chi connectivity index (χ0v) is 21.2. The number of para-hydroxylation sites is 1. The number of nitrogens with zero attached hydrogens (tertiary/aromatic N) is 2. The van der Waals surface area contributed by atoms with Crippen molar-refractivity contribution in [2.75, 3.05) is 38.1 Å². The second-order valence-electron chi connectivity index (χ2n) is 10.8. The predicted octanol–water partition coefficient (Wildman–Crippen LogP) is 5.12. The number of nitrogens with one attached hydrogen (secondary N) is 2. The molecule has 5 rings (SSSR count). The number of hydrogen-bond donors (Lipinski definition) is 3. The molecule has 3 aromatic rings. The number of halogens is 1. The van der Waals surface area contributed by atoms with E-state index in [4.69, 9.17) is 0 Å². The fraction of sp³-hybridized carbons (Fsp3) is 0.517. The van der Waals surface area contributed by atoms with Crippen molar-refractivity contribution in [3.63, 3.8) is 0 Å². The number of rotatable bonds is 9. The maximum absolute atomic E-state index is 15.1. The van der Waals surface area contributed by atoms with Crippen molar-refractivity contribution in [3.8, 4) is 0 Å². The van der Waals surface area contributed by atoms with Gasteiger partial charge in [-0.05, 0) is 62.6 Å². The molecule has 0 saturated carbocycles. The van der Waals surface area contributed by atoms with E-state index in [1.807, 2.05) is 0 Å². The van der Waals surface area contributed by atoms with Crippen LogP contribution in [0, 0.1) is 0 Å². The first-order chi connectivity index (χ1) is 16.9. The Morgan fingerprint density at radius 3 is 2.60 bits per heavy atom. The summed E-state index contributed by atoms with van der Waals surface area (Å²) in [5.74, 6) is 0. The number of likely N-dealkylation sites (tertiary alicyclic amines) is 1. The van der Waals surface area contributed by atoms with Crippen molar-refractivity contribution in [1.82, 2.24) is 14.8 Å². The zero-order chi connectivity index (χ0) is 24.6. The number of aromatic nitrogens is 1. The van der Waals surface area contributed by atoms with Crippen LogP contribution >= 0.6 is 0 Å². The quantitative estimate of drug-likeness (QED) is 0.400. The molecule has 0 bridgehead atoms. The molecule has 0 spiro atoms. The number of H-pyrrole nitrogens is 1. The van der Waals surface area contributed by atoms with Crippen molar-refractivity contribution in [2.45, 2.75) is 63.8 Å². The standard InChI is InChI=1S/C29H39FN4O/c1-4-5-14-33-16-23(17-33)31-22-12-10-21(11-13-22)28-27-25(24-8-6-7-9-26(24)32-27)15-20(2)34(28)18-29(3,30)19-35/h6-13,20,23,28,31-32,35H,4-5,14-19H2,1-3H3/t20-,28-,29-/m1/s1. The Bertz CT molecular complexity index is 1140. The van der Waals surface area contributed by atoms with Crippen molar-refractivity contribution < 1.29 is 9.50 Å². The largest absolute Gasteiger partial charge is 0.393 e. The van der Waals surface area contributed by atoms with Gasteiger partial charge in [0.2, 0.25) is 0 Å². The smallest absolute Gasteiger partial charge is 0.143 e.